The summed E-state index contributed by atoms with van der Waals surface area (Å²) in [5.74, 6) is -0.922. The van der Waals surface area contributed by atoms with Crippen molar-refractivity contribution in [3.05, 3.63) is 35.1 Å². The molecule has 2 N–H and O–H groups in total. The lowest BCUT2D eigenvalue weighted by molar-refractivity contribution is -0.129. The first kappa shape index (κ1) is 13.5. The Bertz CT molecular complexity index is 527. The fourth-order valence-corrected chi connectivity index (χ4v) is 2.13. The smallest absolute Gasteiger partial charge is 0.237 e. The zero-order valence-electron chi connectivity index (χ0n) is 10.3. The van der Waals surface area contributed by atoms with Crippen molar-refractivity contribution in [2.24, 2.45) is 5.73 Å². The van der Waals surface area contributed by atoms with E-state index >= 15 is 0 Å². The minimum atomic E-state index is -0.512. The molecule has 1 fully saturated rings. The van der Waals surface area contributed by atoms with Crippen LogP contribution in [-0.2, 0) is 16.1 Å². The molecule has 1 aromatic carbocycles. The zero-order valence-corrected chi connectivity index (χ0v) is 10.3. The number of hydrogen-bond acceptors (Lipinski definition) is 4. The number of hydrogen-bond donors (Lipinski definition) is 1. The molecule has 2 rings (SSSR count). The van der Waals surface area contributed by atoms with Gasteiger partial charge in [-0.05, 0) is 23.8 Å². The Labute approximate surface area is 110 Å². The van der Waals surface area contributed by atoms with Gasteiger partial charge in [-0.15, -0.1) is 0 Å². The van der Waals surface area contributed by atoms with Crippen molar-refractivity contribution in [1.29, 1.82) is 5.26 Å². The van der Waals surface area contributed by atoms with Gasteiger partial charge in [0, 0.05) is 13.1 Å². The van der Waals surface area contributed by atoms with E-state index < -0.39 is 17.8 Å². The van der Waals surface area contributed by atoms with Crippen LogP contribution in [0.1, 0.15) is 11.1 Å². The van der Waals surface area contributed by atoms with Crippen molar-refractivity contribution >= 4 is 5.91 Å². The van der Waals surface area contributed by atoms with Gasteiger partial charge in [0.05, 0.1) is 24.8 Å². The highest BCUT2D eigenvalue weighted by Crippen LogP contribution is 2.15. The molecule has 0 radical (unpaired) electrons. The Morgan fingerprint density at radius 2 is 2.37 bits per heavy atom. The SMILES string of the molecule is N#Cc1cc(F)cc(CN2CCOCC2C(N)=O)c1. The van der Waals surface area contributed by atoms with Crippen LogP contribution >= 0.6 is 0 Å². The van der Waals surface area contributed by atoms with E-state index in [0.29, 0.717) is 25.3 Å². The number of nitrogens with two attached hydrogens (primary N) is 1. The second-order valence-corrected chi connectivity index (χ2v) is 4.42. The maximum absolute atomic E-state index is 13.3. The maximum Gasteiger partial charge on any atom is 0.237 e. The number of carbonyl (C=O) groups is 1. The number of nitrogens with zero attached hydrogens (tertiary/aromatic N) is 2. The lowest BCUT2D eigenvalue weighted by Gasteiger charge is -2.33. The van der Waals surface area contributed by atoms with Crippen LogP contribution in [0.5, 0.6) is 0 Å². The standard InChI is InChI=1S/C13H14FN3O2/c14-11-4-9(6-15)3-10(5-11)7-17-1-2-19-8-12(17)13(16)18/h3-5,12H,1-2,7-8H2,(H2,16,18). The fourth-order valence-electron chi connectivity index (χ4n) is 2.13. The predicted octanol–water partition coefficient (Wildman–Crippen LogP) is 0.383. The third-order valence-electron chi connectivity index (χ3n) is 3.04. The number of benzene rings is 1. The third-order valence-corrected chi connectivity index (χ3v) is 3.04. The highest BCUT2D eigenvalue weighted by atomic mass is 19.1. The molecule has 1 aromatic rings. The Kier molecular flexibility index (Phi) is 4.10. The van der Waals surface area contributed by atoms with Gasteiger partial charge in [-0.25, -0.2) is 4.39 Å². The summed E-state index contributed by atoms with van der Waals surface area (Å²) < 4.78 is 18.5. The average molecular weight is 263 g/mol. The van der Waals surface area contributed by atoms with Gasteiger partial charge < -0.3 is 10.5 Å². The summed E-state index contributed by atoms with van der Waals surface area (Å²) in [5, 5.41) is 8.81. The summed E-state index contributed by atoms with van der Waals surface area (Å²) in [4.78, 5) is 13.2. The van der Waals surface area contributed by atoms with Gasteiger partial charge in [0.2, 0.25) is 5.91 Å². The molecule has 1 heterocycles. The van der Waals surface area contributed by atoms with Crippen LogP contribution in [0.25, 0.3) is 0 Å². The maximum atomic E-state index is 13.3. The van der Waals surface area contributed by atoms with E-state index in [0.717, 1.165) is 0 Å². The largest absolute Gasteiger partial charge is 0.378 e. The Morgan fingerprint density at radius 1 is 1.58 bits per heavy atom. The molecular weight excluding hydrogens is 249 g/mol. The molecule has 1 atom stereocenters. The van der Waals surface area contributed by atoms with Gasteiger partial charge >= 0.3 is 0 Å². The number of halogens is 1. The van der Waals surface area contributed by atoms with Crippen molar-refractivity contribution in [3.8, 4) is 6.07 Å². The van der Waals surface area contributed by atoms with E-state index in [2.05, 4.69) is 0 Å². The van der Waals surface area contributed by atoms with Crippen LogP contribution in [0.2, 0.25) is 0 Å². The van der Waals surface area contributed by atoms with Crippen molar-refractivity contribution in [2.75, 3.05) is 19.8 Å². The average Bonchev–Trinajstić information content (AvgIpc) is 2.38. The summed E-state index contributed by atoms with van der Waals surface area (Å²) in [6, 6.07) is 5.53. The molecule has 0 bridgehead atoms. The summed E-state index contributed by atoms with van der Waals surface area (Å²) >= 11 is 0. The van der Waals surface area contributed by atoms with E-state index in [1.165, 1.54) is 12.1 Å². The number of primary amides is 1. The molecule has 1 aliphatic rings. The van der Waals surface area contributed by atoms with Crippen LogP contribution in [0.15, 0.2) is 18.2 Å². The fraction of sp³-hybridized carbons (Fsp3) is 0.385. The second-order valence-electron chi connectivity index (χ2n) is 4.42. The molecule has 1 unspecified atom stereocenters. The molecular formula is C13H14FN3O2. The topological polar surface area (TPSA) is 79.3 Å². The molecule has 1 aliphatic heterocycles. The molecule has 0 aliphatic carbocycles. The molecule has 1 amide bonds. The van der Waals surface area contributed by atoms with E-state index in [4.69, 9.17) is 15.7 Å². The normalized spacial score (nSPS) is 19.9. The minimum absolute atomic E-state index is 0.246. The van der Waals surface area contributed by atoms with E-state index in [1.54, 1.807) is 6.07 Å². The van der Waals surface area contributed by atoms with Crippen LogP contribution in [0.3, 0.4) is 0 Å². The molecule has 6 heteroatoms. The predicted molar refractivity (Wildman–Crippen MR) is 65.3 cm³/mol. The molecule has 0 spiro atoms. The summed E-state index contributed by atoms with van der Waals surface area (Å²) in [6.45, 7) is 1.66. The first-order valence-electron chi connectivity index (χ1n) is 5.91. The van der Waals surface area contributed by atoms with Gasteiger partial charge in [-0.1, -0.05) is 0 Å². The first-order valence-corrected chi connectivity index (χ1v) is 5.91. The lowest BCUT2D eigenvalue weighted by atomic mass is 10.1. The summed E-state index contributed by atoms with van der Waals surface area (Å²) in [6.07, 6.45) is 0. The van der Waals surface area contributed by atoms with Crippen molar-refractivity contribution in [2.45, 2.75) is 12.6 Å². The van der Waals surface area contributed by atoms with Gasteiger partial charge in [0.25, 0.3) is 0 Å². The van der Waals surface area contributed by atoms with Crippen molar-refractivity contribution in [1.82, 2.24) is 4.90 Å². The number of ether oxygens (including phenoxy) is 1. The number of nitriles is 1. The highest BCUT2D eigenvalue weighted by molar-refractivity contribution is 5.80. The van der Waals surface area contributed by atoms with Crippen LogP contribution in [-0.4, -0.2) is 36.6 Å². The van der Waals surface area contributed by atoms with Crippen LogP contribution in [0, 0.1) is 17.1 Å². The van der Waals surface area contributed by atoms with Gasteiger partial charge in [-0.3, -0.25) is 9.69 Å². The molecule has 0 aromatic heterocycles. The van der Waals surface area contributed by atoms with Gasteiger partial charge in [0.1, 0.15) is 11.9 Å². The highest BCUT2D eigenvalue weighted by Gasteiger charge is 2.27. The second kappa shape index (κ2) is 5.78. The number of morpholine rings is 1. The van der Waals surface area contributed by atoms with Gasteiger partial charge in [-0.2, -0.15) is 5.26 Å². The molecule has 0 saturated carbocycles. The van der Waals surface area contributed by atoms with Crippen molar-refractivity contribution in [3.63, 3.8) is 0 Å². The van der Waals surface area contributed by atoms with Crippen molar-refractivity contribution < 1.29 is 13.9 Å². The van der Waals surface area contributed by atoms with Crippen LogP contribution in [0.4, 0.5) is 4.39 Å². The van der Waals surface area contributed by atoms with E-state index in [1.807, 2.05) is 11.0 Å². The minimum Gasteiger partial charge on any atom is -0.378 e. The quantitative estimate of drug-likeness (QED) is 0.855. The number of amides is 1. The van der Waals surface area contributed by atoms with E-state index in [9.17, 15) is 9.18 Å². The van der Waals surface area contributed by atoms with Gasteiger partial charge in [0.15, 0.2) is 0 Å². The monoisotopic (exact) mass is 263 g/mol. The molecule has 100 valence electrons. The Balaban J connectivity index is 2.17. The zero-order chi connectivity index (χ0) is 13.8. The molecule has 1 saturated heterocycles. The summed E-state index contributed by atoms with van der Waals surface area (Å²) in [7, 11) is 0. The summed E-state index contributed by atoms with van der Waals surface area (Å²) in [5.41, 5.74) is 6.22. The Hall–Kier alpha value is -1.97. The molecule has 5 nitrogen and oxygen atoms in total. The number of rotatable bonds is 3. The third kappa shape index (κ3) is 3.28. The molecule has 19 heavy (non-hydrogen) atoms. The number of carbonyl (C=O) groups excluding carboxylic acids is 1. The first-order chi connectivity index (χ1) is 9.10. The lowest BCUT2D eigenvalue weighted by Crippen LogP contribution is -2.51. The Morgan fingerprint density at radius 3 is 3.05 bits per heavy atom. The van der Waals surface area contributed by atoms with Crippen LogP contribution < -0.4 is 5.73 Å². The van der Waals surface area contributed by atoms with E-state index in [-0.39, 0.29) is 12.2 Å².